The minimum Gasteiger partial charge on any atom is -0.361 e. The Hall–Kier alpha value is -1.67. The first kappa shape index (κ1) is 16.8. The molecule has 0 amide bonds. The average molecular weight is 376 g/mol. The van der Waals surface area contributed by atoms with Crippen LogP contribution in [0.1, 0.15) is 5.56 Å². The van der Waals surface area contributed by atoms with Gasteiger partial charge >= 0.3 is 0 Å². The molecule has 1 N–H and O–H groups in total. The van der Waals surface area contributed by atoms with Crippen LogP contribution in [0.4, 0.5) is 0 Å². The molecule has 0 bridgehead atoms. The lowest BCUT2D eigenvalue weighted by atomic mass is 10.1. The predicted octanol–water partition coefficient (Wildman–Crippen LogP) is 2.78. The molecule has 0 radical (unpaired) electrons. The first-order chi connectivity index (χ1) is 12.1. The van der Waals surface area contributed by atoms with Gasteiger partial charge in [0.15, 0.2) is 0 Å². The van der Waals surface area contributed by atoms with Crippen LogP contribution < -0.4 is 0 Å². The summed E-state index contributed by atoms with van der Waals surface area (Å²) in [6, 6.07) is 11.8. The molecule has 1 aliphatic heterocycles. The molecule has 0 unspecified atom stereocenters. The standard InChI is InChI=1S/C18H21N3O2S2/c22-25(23,18-6-3-13-24-18)21-11-9-20(10-12-21)8-7-15-14-19-17-5-2-1-4-16(15)17/h1-6,13-14,19H,7-12H2. The maximum atomic E-state index is 12.6. The zero-order valence-electron chi connectivity index (χ0n) is 13.9. The summed E-state index contributed by atoms with van der Waals surface area (Å²) in [6.45, 7) is 3.65. The van der Waals surface area contributed by atoms with E-state index in [0.717, 1.165) is 26.1 Å². The van der Waals surface area contributed by atoms with Gasteiger partial charge in [-0.1, -0.05) is 24.3 Å². The summed E-state index contributed by atoms with van der Waals surface area (Å²) in [5.41, 5.74) is 2.49. The Morgan fingerprint density at radius 2 is 1.84 bits per heavy atom. The number of nitrogens with zero attached hydrogens (tertiary/aromatic N) is 2. The van der Waals surface area contributed by atoms with Gasteiger partial charge in [-0.3, -0.25) is 0 Å². The first-order valence-electron chi connectivity index (χ1n) is 8.45. The molecule has 2 aromatic heterocycles. The molecule has 4 rings (SSSR count). The fourth-order valence-electron chi connectivity index (χ4n) is 3.35. The molecule has 0 spiro atoms. The molecule has 25 heavy (non-hydrogen) atoms. The molecule has 3 heterocycles. The van der Waals surface area contributed by atoms with Gasteiger partial charge in [-0.2, -0.15) is 4.31 Å². The lowest BCUT2D eigenvalue weighted by Crippen LogP contribution is -2.48. The summed E-state index contributed by atoms with van der Waals surface area (Å²) in [7, 11) is -3.31. The average Bonchev–Trinajstić information content (AvgIpc) is 3.31. The molecular formula is C18H21N3O2S2. The van der Waals surface area contributed by atoms with E-state index in [4.69, 9.17) is 0 Å². The number of aromatic nitrogens is 1. The molecule has 1 fully saturated rings. The van der Waals surface area contributed by atoms with E-state index in [1.807, 2.05) is 11.4 Å². The van der Waals surface area contributed by atoms with Crippen LogP contribution in [0.2, 0.25) is 0 Å². The van der Waals surface area contributed by atoms with Crippen LogP contribution in [0.25, 0.3) is 10.9 Å². The van der Waals surface area contributed by atoms with E-state index in [-0.39, 0.29) is 0 Å². The van der Waals surface area contributed by atoms with Crippen molar-refractivity contribution in [2.24, 2.45) is 0 Å². The Morgan fingerprint density at radius 1 is 1.04 bits per heavy atom. The third kappa shape index (κ3) is 3.37. The van der Waals surface area contributed by atoms with Crippen molar-refractivity contribution in [3.8, 4) is 0 Å². The molecule has 132 valence electrons. The highest BCUT2D eigenvalue weighted by atomic mass is 32.2. The fraction of sp³-hybridized carbons (Fsp3) is 0.333. The number of aromatic amines is 1. The van der Waals surface area contributed by atoms with Crippen molar-refractivity contribution < 1.29 is 8.42 Å². The summed E-state index contributed by atoms with van der Waals surface area (Å²) in [5, 5.41) is 3.09. The lowest BCUT2D eigenvalue weighted by molar-refractivity contribution is 0.190. The van der Waals surface area contributed by atoms with E-state index in [1.54, 1.807) is 16.4 Å². The number of sulfonamides is 1. The highest BCUT2D eigenvalue weighted by Crippen LogP contribution is 2.22. The van der Waals surface area contributed by atoms with Gasteiger partial charge in [0.1, 0.15) is 4.21 Å². The van der Waals surface area contributed by atoms with E-state index in [9.17, 15) is 8.42 Å². The van der Waals surface area contributed by atoms with Crippen molar-refractivity contribution in [1.29, 1.82) is 0 Å². The van der Waals surface area contributed by atoms with Crippen LogP contribution in [0.15, 0.2) is 52.2 Å². The smallest absolute Gasteiger partial charge is 0.252 e. The van der Waals surface area contributed by atoms with E-state index < -0.39 is 10.0 Å². The zero-order chi connectivity index (χ0) is 17.3. The number of para-hydroxylation sites is 1. The van der Waals surface area contributed by atoms with Crippen molar-refractivity contribution in [3.05, 3.63) is 53.5 Å². The van der Waals surface area contributed by atoms with Gasteiger partial charge in [-0.25, -0.2) is 8.42 Å². The van der Waals surface area contributed by atoms with Crippen molar-refractivity contribution in [1.82, 2.24) is 14.2 Å². The molecular weight excluding hydrogens is 354 g/mol. The maximum absolute atomic E-state index is 12.6. The number of thiophene rings is 1. The fourth-order valence-corrected chi connectivity index (χ4v) is 5.91. The second-order valence-electron chi connectivity index (χ2n) is 6.29. The molecule has 5 nitrogen and oxygen atoms in total. The van der Waals surface area contributed by atoms with Gasteiger partial charge in [0.2, 0.25) is 0 Å². The number of nitrogens with one attached hydrogen (secondary N) is 1. The molecule has 3 aromatic rings. The zero-order valence-corrected chi connectivity index (χ0v) is 15.5. The Balaban J connectivity index is 1.35. The predicted molar refractivity (Wildman–Crippen MR) is 102 cm³/mol. The molecule has 1 aliphatic rings. The van der Waals surface area contributed by atoms with Gasteiger partial charge in [0.25, 0.3) is 10.0 Å². The molecule has 1 saturated heterocycles. The quantitative estimate of drug-likeness (QED) is 0.746. The van der Waals surface area contributed by atoms with Crippen LogP contribution in [0.3, 0.4) is 0 Å². The van der Waals surface area contributed by atoms with E-state index >= 15 is 0 Å². The molecule has 0 saturated carbocycles. The number of piperazine rings is 1. The lowest BCUT2D eigenvalue weighted by Gasteiger charge is -2.33. The number of H-pyrrole nitrogens is 1. The second kappa shape index (κ2) is 6.92. The molecule has 7 heteroatoms. The van der Waals surface area contributed by atoms with E-state index in [0.29, 0.717) is 17.3 Å². The van der Waals surface area contributed by atoms with Gasteiger partial charge in [0, 0.05) is 49.8 Å². The van der Waals surface area contributed by atoms with Gasteiger partial charge < -0.3 is 9.88 Å². The van der Waals surface area contributed by atoms with Crippen LogP contribution >= 0.6 is 11.3 Å². The normalized spacial score (nSPS) is 17.3. The van der Waals surface area contributed by atoms with E-state index in [1.165, 1.54) is 27.8 Å². The number of rotatable bonds is 5. The topological polar surface area (TPSA) is 56.4 Å². The number of fused-ring (bicyclic) bond motifs is 1. The molecule has 1 aromatic carbocycles. The monoisotopic (exact) mass is 375 g/mol. The Bertz CT molecular complexity index is 940. The minimum atomic E-state index is -3.31. The van der Waals surface area contributed by atoms with E-state index in [2.05, 4.69) is 34.3 Å². The minimum absolute atomic E-state index is 0.444. The van der Waals surface area contributed by atoms with Crippen LogP contribution in [0.5, 0.6) is 0 Å². The first-order valence-corrected chi connectivity index (χ1v) is 10.8. The third-order valence-electron chi connectivity index (χ3n) is 4.79. The maximum Gasteiger partial charge on any atom is 0.252 e. The van der Waals surface area contributed by atoms with Crippen molar-refractivity contribution >= 4 is 32.3 Å². The summed E-state index contributed by atoms with van der Waals surface area (Å²) in [5.74, 6) is 0. The second-order valence-corrected chi connectivity index (χ2v) is 9.40. The van der Waals surface area contributed by atoms with Gasteiger partial charge in [-0.15, -0.1) is 11.3 Å². The van der Waals surface area contributed by atoms with Gasteiger partial charge in [0.05, 0.1) is 0 Å². The van der Waals surface area contributed by atoms with Crippen LogP contribution in [-0.2, 0) is 16.4 Å². The van der Waals surface area contributed by atoms with Crippen molar-refractivity contribution in [2.45, 2.75) is 10.6 Å². The Labute approximate surface area is 151 Å². The highest BCUT2D eigenvalue weighted by molar-refractivity contribution is 7.91. The number of hydrogen-bond donors (Lipinski definition) is 1. The molecule has 0 aliphatic carbocycles. The largest absolute Gasteiger partial charge is 0.361 e. The van der Waals surface area contributed by atoms with Crippen LogP contribution in [0, 0.1) is 0 Å². The summed E-state index contributed by atoms with van der Waals surface area (Å²) < 4.78 is 27.2. The summed E-state index contributed by atoms with van der Waals surface area (Å²) in [6.07, 6.45) is 3.06. The van der Waals surface area contributed by atoms with Gasteiger partial charge in [-0.05, 0) is 29.5 Å². The summed E-state index contributed by atoms with van der Waals surface area (Å²) >= 11 is 1.29. The Morgan fingerprint density at radius 3 is 2.60 bits per heavy atom. The van der Waals surface area contributed by atoms with Crippen molar-refractivity contribution in [3.63, 3.8) is 0 Å². The van der Waals surface area contributed by atoms with Crippen LogP contribution in [-0.4, -0.2) is 55.3 Å². The van der Waals surface area contributed by atoms with Crippen molar-refractivity contribution in [2.75, 3.05) is 32.7 Å². The Kier molecular flexibility index (Phi) is 4.64. The number of hydrogen-bond acceptors (Lipinski definition) is 4. The SMILES string of the molecule is O=S(=O)(c1cccs1)N1CCN(CCc2c[nH]c3ccccc23)CC1. The highest BCUT2D eigenvalue weighted by Gasteiger charge is 2.28. The summed E-state index contributed by atoms with van der Waals surface area (Å²) in [4.78, 5) is 5.66. The third-order valence-corrected chi connectivity index (χ3v) is 8.06. The number of benzene rings is 1. The molecule has 0 atom stereocenters.